The maximum Gasteiger partial charge on any atom is 0.267 e. The fraction of sp³-hybridized carbons (Fsp3) is 0.250. The molecule has 2 amide bonds. The predicted octanol–water partition coefficient (Wildman–Crippen LogP) is 0.706. The Bertz CT molecular complexity index is 961. The molecule has 1 fully saturated rings. The molecule has 0 aliphatic carbocycles. The van der Waals surface area contributed by atoms with Gasteiger partial charge in [0.05, 0.1) is 19.4 Å². The van der Waals surface area contributed by atoms with Crippen LogP contribution in [0.4, 0.5) is 0 Å². The third kappa shape index (κ3) is 3.76. The van der Waals surface area contributed by atoms with E-state index < -0.39 is 11.3 Å². The number of benzene rings is 1. The summed E-state index contributed by atoms with van der Waals surface area (Å²) >= 11 is 0. The molecule has 1 atom stereocenters. The first-order valence-electron chi connectivity index (χ1n) is 8.36. The van der Waals surface area contributed by atoms with Crippen LogP contribution in [0.1, 0.15) is 22.5 Å². The van der Waals surface area contributed by atoms with Crippen LogP contribution in [0, 0.1) is 17.3 Å². The van der Waals surface area contributed by atoms with Crippen LogP contribution in [0.15, 0.2) is 36.4 Å². The molecule has 4 N–H and O–H groups in total. The van der Waals surface area contributed by atoms with E-state index in [2.05, 4.69) is 22.1 Å². The highest BCUT2D eigenvalue weighted by Crippen LogP contribution is 2.26. The summed E-state index contributed by atoms with van der Waals surface area (Å²) in [5.41, 5.74) is 6.26. The number of carbonyl (C=O) groups is 2. The average Bonchev–Trinajstić information content (AvgIpc) is 3.07. The first kappa shape index (κ1) is 18.4. The molecule has 0 saturated carbocycles. The summed E-state index contributed by atoms with van der Waals surface area (Å²) in [4.78, 5) is 27.7. The lowest BCUT2D eigenvalue weighted by molar-refractivity contribution is -0.126. The highest BCUT2D eigenvalue weighted by Gasteiger charge is 2.40. The molecular formula is C20H19N3O4. The number of primary amides is 1. The molecule has 0 radical (unpaired) electrons. The monoisotopic (exact) mass is 365 g/mol. The zero-order valence-corrected chi connectivity index (χ0v) is 14.8. The van der Waals surface area contributed by atoms with Gasteiger partial charge in [0.25, 0.3) is 5.91 Å². The summed E-state index contributed by atoms with van der Waals surface area (Å²) in [6.45, 7) is 0.169. The molecule has 2 aromatic rings. The van der Waals surface area contributed by atoms with Gasteiger partial charge in [-0.3, -0.25) is 9.59 Å². The van der Waals surface area contributed by atoms with Crippen molar-refractivity contribution in [3.05, 3.63) is 47.7 Å². The van der Waals surface area contributed by atoms with Gasteiger partial charge in [0.2, 0.25) is 5.91 Å². The third-order valence-electron chi connectivity index (χ3n) is 4.43. The van der Waals surface area contributed by atoms with E-state index in [9.17, 15) is 14.7 Å². The van der Waals surface area contributed by atoms with Crippen LogP contribution in [0.5, 0.6) is 5.75 Å². The number of aliphatic hydroxyl groups is 1. The maximum absolute atomic E-state index is 12.0. The molecular weight excluding hydrogens is 346 g/mol. The minimum Gasteiger partial charge on any atom is -0.497 e. The predicted molar refractivity (Wildman–Crippen MR) is 98.8 cm³/mol. The lowest BCUT2D eigenvalue weighted by Gasteiger charge is -2.15. The first-order chi connectivity index (χ1) is 13.0. The third-order valence-corrected chi connectivity index (χ3v) is 4.43. The molecule has 1 aliphatic heterocycles. The second kappa shape index (κ2) is 7.48. The first-order valence-corrected chi connectivity index (χ1v) is 8.36. The summed E-state index contributed by atoms with van der Waals surface area (Å²) in [6, 6.07) is 10.4. The van der Waals surface area contributed by atoms with E-state index >= 15 is 0 Å². The number of rotatable bonds is 4. The zero-order valence-electron chi connectivity index (χ0n) is 14.8. The Morgan fingerprint density at radius 1 is 1.41 bits per heavy atom. The molecule has 2 heterocycles. The van der Waals surface area contributed by atoms with Crippen molar-refractivity contribution in [2.75, 3.05) is 20.3 Å². The fourth-order valence-corrected chi connectivity index (χ4v) is 2.83. The molecule has 27 heavy (non-hydrogen) atoms. The van der Waals surface area contributed by atoms with Crippen molar-refractivity contribution in [3.8, 4) is 28.8 Å². The van der Waals surface area contributed by atoms with Gasteiger partial charge in [-0.25, -0.2) is 4.98 Å². The second-order valence-electron chi connectivity index (χ2n) is 6.22. The Morgan fingerprint density at radius 2 is 2.22 bits per heavy atom. The van der Waals surface area contributed by atoms with E-state index in [1.807, 2.05) is 6.07 Å². The van der Waals surface area contributed by atoms with Crippen LogP contribution < -0.4 is 15.8 Å². The number of aromatic nitrogens is 1. The van der Waals surface area contributed by atoms with Gasteiger partial charge in [-0.15, -0.1) is 0 Å². The number of nitrogens with two attached hydrogens (primary N) is 1. The molecule has 1 aromatic carbocycles. The average molecular weight is 365 g/mol. The summed E-state index contributed by atoms with van der Waals surface area (Å²) in [6.07, 6.45) is 0.467. The minimum absolute atomic E-state index is 0.0997. The largest absolute Gasteiger partial charge is 0.497 e. The summed E-state index contributed by atoms with van der Waals surface area (Å²) < 4.78 is 5.20. The highest BCUT2D eigenvalue weighted by molar-refractivity contribution is 5.92. The van der Waals surface area contributed by atoms with Crippen LogP contribution in [0.3, 0.4) is 0 Å². The van der Waals surface area contributed by atoms with Crippen molar-refractivity contribution in [2.24, 2.45) is 11.1 Å². The topological polar surface area (TPSA) is 115 Å². The molecule has 1 saturated heterocycles. The molecule has 1 aliphatic rings. The molecule has 7 nitrogen and oxygen atoms in total. The normalized spacial score (nSPS) is 18.4. The van der Waals surface area contributed by atoms with Gasteiger partial charge in [-0.2, -0.15) is 0 Å². The number of amides is 2. The van der Waals surface area contributed by atoms with Crippen molar-refractivity contribution < 1.29 is 19.4 Å². The number of hydrogen-bond donors (Lipinski definition) is 3. The molecule has 138 valence electrons. The zero-order chi connectivity index (χ0) is 19.4. The molecule has 0 bridgehead atoms. The Balaban J connectivity index is 1.98. The number of ether oxygens (including phenoxy) is 1. The Kier molecular flexibility index (Phi) is 5.10. The van der Waals surface area contributed by atoms with E-state index in [0.717, 1.165) is 5.56 Å². The van der Waals surface area contributed by atoms with Crippen LogP contribution in [-0.2, 0) is 4.79 Å². The molecule has 0 spiro atoms. The quantitative estimate of drug-likeness (QED) is 0.690. The van der Waals surface area contributed by atoms with E-state index in [1.165, 1.54) is 13.2 Å². The summed E-state index contributed by atoms with van der Waals surface area (Å²) in [5, 5.41) is 12.3. The number of aliphatic hydroxyl groups excluding tert-OH is 1. The summed E-state index contributed by atoms with van der Waals surface area (Å²) in [7, 11) is 1.49. The Labute approximate surface area is 156 Å². The SMILES string of the molecule is COc1cc(C(N)=O)nc(-c2cccc(C#CC3(CO)CCNC3=O)c2)c1. The van der Waals surface area contributed by atoms with Crippen LogP contribution >= 0.6 is 0 Å². The van der Waals surface area contributed by atoms with E-state index in [1.54, 1.807) is 24.3 Å². The number of carbonyl (C=O) groups excluding carboxylic acids is 2. The van der Waals surface area contributed by atoms with Gasteiger partial charge in [0.1, 0.15) is 16.9 Å². The lowest BCUT2D eigenvalue weighted by Crippen LogP contribution is -2.33. The number of methoxy groups -OCH3 is 1. The molecule has 3 rings (SSSR count). The van der Waals surface area contributed by atoms with Gasteiger partial charge < -0.3 is 20.9 Å². The van der Waals surface area contributed by atoms with Crippen molar-refractivity contribution in [2.45, 2.75) is 6.42 Å². The minimum atomic E-state index is -1.07. The van der Waals surface area contributed by atoms with Crippen LogP contribution in [-0.4, -0.2) is 42.2 Å². The number of hydrogen-bond acceptors (Lipinski definition) is 5. The molecule has 1 unspecified atom stereocenters. The van der Waals surface area contributed by atoms with E-state index in [0.29, 0.717) is 30.0 Å². The maximum atomic E-state index is 12.0. The van der Waals surface area contributed by atoms with Gasteiger partial charge in [0, 0.05) is 29.8 Å². The van der Waals surface area contributed by atoms with Crippen LogP contribution in [0.2, 0.25) is 0 Å². The molecule has 1 aromatic heterocycles. The second-order valence-corrected chi connectivity index (χ2v) is 6.22. The van der Waals surface area contributed by atoms with Crippen molar-refractivity contribution >= 4 is 11.8 Å². The van der Waals surface area contributed by atoms with Crippen molar-refractivity contribution in [1.29, 1.82) is 0 Å². The molecule has 7 heteroatoms. The highest BCUT2D eigenvalue weighted by atomic mass is 16.5. The smallest absolute Gasteiger partial charge is 0.267 e. The van der Waals surface area contributed by atoms with E-state index in [-0.39, 0.29) is 18.2 Å². The van der Waals surface area contributed by atoms with Crippen molar-refractivity contribution in [3.63, 3.8) is 0 Å². The van der Waals surface area contributed by atoms with Crippen LogP contribution in [0.25, 0.3) is 11.3 Å². The summed E-state index contributed by atoms with van der Waals surface area (Å²) in [5.74, 6) is 5.43. The number of pyridine rings is 1. The standard InChI is InChI=1S/C20H19N3O4/c1-27-15-10-16(23-17(11-15)18(21)25)14-4-2-3-13(9-14)5-6-20(12-24)7-8-22-19(20)26/h2-4,9-11,24H,7-8,12H2,1H3,(H2,21,25)(H,22,26). The van der Waals surface area contributed by atoms with Gasteiger partial charge >= 0.3 is 0 Å². The Hall–Kier alpha value is -3.37. The van der Waals surface area contributed by atoms with Gasteiger partial charge in [-0.1, -0.05) is 24.0 Å². The lowest BCUT2D eigenvalue weighted by atomic mass is 9.88. The number of nitrogens with one attached hydrogen (secondary N) is 1. The van der Waals surface area contributed by atoms with E-state index in [4.69, 9.17) is 10.5 Å². The van der Waals surface area contributed by atoms with Gasteiger partial charge in [-0.05, 0) is 18.6 Å². The Morgan fingerprint density at radius 3 is 2.85 bits per heavy atom. The van der Waals surface area contributed by atoms with Gasteiger partial charge in [0.15, 0.2) is 0 Å². The van der Waals surface area contributed by atoms with Crippen molar-refractivity contribution in [1.82, 2.24) is 10.3 Å². The number of nitrogens with zero attached hydrogens (tertiary/aromatic N) is 1. The fourth-order valence-electron chi connectivity index (χ4n) is 2.83.